The van der Waals surface area contributed by atoms with Gasteiger partial charge in [0.15, 0.2) is 24.1 Å². The fourth-order valence-electron chi connectivity index (χ4n) is 2.44. The smallest absolute Gasteiger partial charge is 0.259 e. The van der Waals surface area contributed by atoms with Crippen molar-refractivity contribution in [2.75, 3.05) is 47.3 Å². The SMILES string of the molecule is CN=C(NCc1cccc(OCC(=O)N(C)C)c1)Nc1ccc(OC)c(OC)c1.I. The van der Waals surface area contributed by atoms with E-state index in [1.54, 1.807) is 35.4 Å². The van der Waals surface area contributed by atoms with Gasteiger partial charge in [0.05, 0.1) is 14.2 Å². The molecular weight excluding hydrogens is 499 g/mol. The summed E-state index contributed by atoms with van der Waals surface area (Å²) in [4.78, 5) is 17.4. The molecule has 9 heteroatoms. The van der Waals surface area contributed by atoms with Crippen molar-refractivity contribution in [1.82, 2.24) is 10.2 Å². The molecule has 0 aliphatic carbocycles. The van der Waals surface area contributed by atoms with E-state index in [-0.39, 0.29) is 36.5 Å². The number of aliphatic imine (C=N–C) groups is 1. The van der Waals surface area contributed by atoms with E-state index < -0.39 is 0 Å². The lowest BCUT2D eigenvalue weighted by Gasteiger charge is -2.15. The second kappa shape index (κ2) is 12.8. The summed E-state index contributed by atoms with van der Waals surface area (Å²) in [5, 5.41) is 6.46. The molecule has 2 aromatic rings. The Labute approximate surface area is 194 Å². The Morgan fingerprint density at radius 2 is 1.80 bits per heavy atom. The maximum absolute atomic E-state index is 11.7. The summed E-state index contributed by atoms with van der Waals surface area (Å²) in [6.45, 7) is 0.540. The van der Waals surface area contributed by atoms with Crippen molar-refractivity contribution in [3.8, 4) is 17.2 Å². The fourth-order valence-corrected chi connectivity index (χ4v) is 2.44. The van der Waals surface area contributed by atoms with Crippen molar-refractivity contribution in [2.24, 2.45) is 4.99 Å². The van der Waals surface area contributed by atoms with Gasteiger partial charge in [-0.25, -0.2) is 0 Å². The molecule has 0 aliphatic heterocycles. The number of nitrogens with zero attached hydrogens (tertiary/aromatic N) is 2. The minimum Gasteiger partial charge on any atom is -0.493 e. The van der Waals surface area contributed by atoms with E-state index in [2.05, 4.69) is 15.6 Å². The third-order valence-corrected chi connectivity index (χ3v) is 4.09. The molecule has 0 atom stereocenters. The number of methoxy groups -OCH3 is 2. The molecule has 0 bridgehead atoms. The van der Waals surface area contributed by atoms with Crippen molar-refractivity contribution in [2.45, 2.75) is 6.54 Å². The molecule has 0 saturated carbocycles. The molecule has 0 aromatic heterocycles. The lowest BCUT2D eigenvalue weighted by Crippen LogP contribution is -2.30. The number of hydrogen-bond acceptors (Lipinski definition) is 5. The van der Waals surface area contributed by atoms with Crippen LogP contribution >= 0.6 is 24.0 Å². The Morgan fingerprint density at radius 1 is 1.07 bits per heavy atom. The van der Waals surface area contributed by atoms with Crippen molar-refractivity contribution in [3.05, 3.63) is 48.0 Å². The van der Waals surface area contributed by atoms with E-state index in [1.165, 1.54) is 4.90 Å². The third kappa shape index (κ3) is 7.62. The van der Waals surface area contributed by atoms with Gasteiger partial charge in [-0.05, 0) is 29.8 Å². The molecule has 1 amide bonds. The second-order valence-corrected chi connectivity index (χ2v) is 6.34. The van der Waals surface area contributed by atoms with Crippen LogP contribution in [0.5, 0.6) is 17.2 Å². The Balaban J connectivity index is 0.00000450. The van der Waals surface area contributed by atoms with Crippen molar-refractivity contribution >= 4 is 41.5 Å². The van der Waals surface area contributed by atoms with Gasteiger partial charge in [0, 0.05) is 39.4 Å². The monoisotopic (exact) mass is 528 g/mol. The molecule has 0 heterocycles. The first-order valence-corrected chi connectivity index (χ1v) is 9.08. The molecule has 0 radical (unpaired) electrons. The maximum Gasteiger partial charge on any atom is 0.259 e. The van der Waals surface area contributed by atoms with E-state index in [9.17, 15) is 4.79 Å². The number of rotatable bonds is 8. The number of anilines is 1. The van der Waals surface area contributed by atoms with Crippen LogP contribution in [0, 0.1) is 0 Å². The summed E-state index contributed by atoms with van der Waals surface area (Å²) >= 11 is 0. The minimum absolute atomic E-state index is 0. The minimum atomic E-state index is -0.0898. The van der Waals surface area contributed by atoms with Gasteiger partial charge in [0.25, 0.3) is 5.91 Å². The molecular formula is C21H29IN4O4. The Bertz CT molecular complexity index is 859. The van der Waals surface area contributed by atoms with Crippen LogP contribution in [0.4, 0.5) is 5.69 Å². The van der Waals surface area contributed by atoms with Crippen LogP contribution in [0.3, 0.4) is 0 Å². The zero-order valence-electron chi connectivity index (χ0n) is 17.9. The van der Waals surface area contributed by atoms with E-state index in [0.29, 0.717) is 29.8 Å². The van der Waals surface area contributed by atoms with Gasteiger partial charge in [0.1, 0.15) is 5.75 Å². The van der Waals surface area contributed by atoms with Gasteiger partial charge in [-0.15, -0.1) is 24.0 Å². The van der Waals surface area contributed by atoms with Gasteiger partial charge in [-0.2, -0.15) is 0 Å². The number of hydrogen-bond donors (Lipinski definition) is 2. The molecule has 8 nitrogen and oxygen atoms in total. The molecule has 2 rings (SSSR count). The quantitative estimate of drug-likeness (QED) is 0.312. The number of ether oxygens (including phenoxy) is 3. The number of halogens is 1. The number of likely N-dealkylation sites (N-methyl/N-ethyl adjacent to an activating group) is 1. The van der Waals surface area contributed by atoms with E-state index in [4.69, 9.17) is 14.2 Å². The highest BCUT2D eigenvalue weighted by Crippen LogP contribution is 2.29. The molecule has 0 saturated heterocycles. The highest BCUT2D eigenvalue weighted by atomic mass is 127. The van der Waals surface area contributed by atoms with Crippen LogP contribution < -0.4 is 24.8 Å². The number of amides is 1. The Kier molecular flexibility index (Phi) is 10.8. The molecule has 0 aliphatic rings. The summed E-state index contributed by atoms with van der Waals surface area (Å²) in [6.07, 6.45) is 0. The second-order valence-electron chi connectivity index (χ2n) is 6.34. The predicted molar refractivity (Wildman–Crippen MR) is 129 cm³/mol. The van der Waals surface area contributed by atoms with Gasteiger partial charge in [-0.3, -0.25) is 9.79 Å². The number of carbonyl (C=O) groups excluding carboxylic acids is 1. The summed E-state index contributed by atoms with van der Waals surface area (Å²) in [6, 6.07) is 13.1. The molecule has 0 fully saturated rings. The number of nitrogens with one attached hydrogen (secondary N) is 2. The lowest BCUT2D eigenvalue weighted by molar-refractivity contribution is -0.130. The van der Waals surface area contributed by atoms with Crippen LogP contribution in [0.2, 0.25) is 0 Å². The normalized spacial score (nSPS) is 10.5. The summed E-state index contributed by atoms with van der Waals surface area (Å²) in [5.41, 5.74) is 1.81. The first-order valence-electron chi connectivity index (χ1n) is 9.08. The van der Waals surface area contributed by atoms with Crippen LogP contribution in [0.1, 0.15) is 5.56 Å². The maximum atomic E-state index is 11.7. The number of benzene rings is 2. The Hall–Kier alpha value is -2.69. The summed E-state index contributed by atoms with van der Waals surface area (Å²) in [5.74, 6) is 2.44. The zero-order chi connectivity index (χ0) is 21.2. The van der Waals surface area contributed by atoms with Gasteiger partial charge in [-0.1, -0.05) is 12.1 Å². The highest BCUT2D eigenvalue weighted by molar-refractivity contribution is 14.0. The standard InChI is InChI=1S/C21H28N4O4.HI/c1-22-21(24-16-9-10-18(27-4)19(12-16)28-5)23-13-15-7-6-8-17(11-15)29-14-20(26)25(2)3;/h6-12H,13-14H2,1-5H3,(H2,22,23,24);1H. The average Bonchev–Trinajstić information content (AvgIpc) is 2.74. The molecule has 30 heavy (non-hydrogen) atoms. The summed E-state index contributed by atoms with van der Waals surface area (Å²) < 4.78 is 16.1. The van der Waals surface area contributed by atoms with E-state index in [0.717, 1.165) is 11.3 Å². The van der Waals surface area contributed by atoms with Crippen molar-refractivity contribution in [1.29, 1.82) is 0 Å². The topological polar surface area (TPSA) is 84.4 Å². The number of guanidine groups is 1. The molecule has 0 spiro atoms. The molecule has 164 valence electrons. The van der Waals surface area contributed by atoms with Crippen molar-refractivity contribution < 1.29 is 19.0 Å². The van der Waals surface area contributed by atoms with E-state index in [1.807, 2.05) is 42.5 Å². The third-order valence-electron chi connectivity index (χ3n) is 4.09. The first kappa shape index (κ1) is 25.3. The van der Waals surface area contributed by atoms with Gasteiger partial charge < -0.3 is 29.7 Å². The van der Waals surface area contributed by atoms with Crippen LogP contribution in [-0.4, -0.2) is 58.7 Å². The first-order chi connectivity index (χ1) is 14.0. The lowest BCUT2D eigenvalue weighted by atomic mass is 10.2. The molecule has 0 unspecified atom stereocenters. The van der Waals surface area contributed by atoms with Gasteiger partial charge in [0.2, 0.25) is 0 Å². The molecule has 2 N–H and O–H groups in total. The molecule has 2 aromatic carbocycles. The average molecular weight is 528 g/mol. The number of carbonyl (C=O) groups is 1. The highest BCUT2D eigenvalue weighted by Gasteiger charge is 2.08. The van der Waals surface area contributed by atoms with Gasteiger partial charge >= 0.3 is 0 Å². The van der Waals surface area contributed by atoms with Crippen molar-refractivity contribution in [3.63, 3.8) is 0 Å². The fraction of sp³-hybridized carbons (Fsp3) is 0.333. The van der Waals surface area contributed by atoms with Crippen LogP contribution in [0.15, 0.2) is 47.5 Å². The van der Waals surface area contributed by atoms with Crippen LogP contribution in [-0.2, 0) is 11.3 Å². The van der Waals surface area contributed by atoms with E-state index >= 15 is 0 Å². The predicted octanol–water partition coefficient (Wildman–Crippen LogP) is 2.98. The zero-order valence-corrected chi connectivity index (χ0v) is 20.2. The Morgan fingerprint density at radius 3 is 2.43 bits per heavy atom. The van der Waals surface area contributed by atoms with Crippen LogP contribution in [0.25, 0.3) is 0 Å². The largest absolute Gasteiger partial charge is 0.493 e. The summed E-state index contributed by atoms with van der Waals surface area (Å²) in [7, 11) is 8.28.